The molecular formula is C17H17BrClNO. The van der Waals surface area contributed by atoms with Crippen LogP contribution in [-0.4, -0.2) is 5.91 Å². The molecule has 110 valence electrons. The topological polar surface area (TPSA) is 29.1 Å². The van der Waals surface area contributed by atoms with Crippen LogP contribution in [-0.2, 0) is 6.42 Å². The predicted molar refractivity (Wildman–Crippen MR) is 92.2 cm³/mol. The highest BCUT2D eigenvalue weighted by molar-refractivity contribution is 9.10. The van der Waals surface area contributed by atoms with Crippen LogP contribution in [0.15, 0.2) is 46.9 Å². The summed E-state index contributed by atoms with van der Waals surface area (Å²) < 4.78 is 0.726. The Labute approximate surface area is 138 Å². The molecule has 0 aliphatic carbocycles. The maximum atomic E-state index is 12.2. The lowest BCUT2D eigenvalue weighted by Crippen LogP contribution is -2.12. The third-order valence-electron chi connectivity index (χ3n) is 3.20. The van der Waals surface area contributed by atoms with Crippen molar-refractivity contribution in [3.8, 4) is 0 Å². The molecule has 21 heavy (non-hydrogen) atoms. The van der Waals surface area contributed by atoms with Crippen molar-refractivity contribution < 1.29 is 4.79 Å². The number of rotatable bonds is 5. The molecule has 0 saturated heterocycles. The van der Waals surface area contributed by atoms with Gasteiger partial charge in [0.25, 0.3) is 5.91 Å². The second-order valence-electron chi connectivity index (χ2n) is 4.88. The van der Waals surface area contributed by atoms with Crippen LogP contribution in [0.25, 0.3) is 0 Å². The number of halogens is 2. The molecule has 0 unspecified atom stereocenters. The van der Waals surface area contributed by atoms with E-state index in [-0.39, 0.29) is 5.91 Å². The zero-order valence-electron chi connectivity index (χ0n) is 11.8. The lowest BCUT2D eigenvalue weighted by atomic mass is 10.1. The van der Waals surface area contributed by atoms with E-state index < -0.39 is 0 Å². The highest BCUT2D eigenvalue weighted by atomic mass is 79.9. The number of nitrogens with one attached hydrogen (secondary N) is 1. The van der Waals surface area contributed by atoms with E-state index in [0.717, 1.165) is 16.6 Å². The Bertz CT molecular complexity index is 625. The third-order valence-corrected chi connectivity index (χ3v) is 4.13. The number of aryl methyl sites for hydroxylation is 1. The number of carbonyl (C=O) groups is 1. The van der Waals surface area contributed by atoms with Crippen LogP contribution in [0.1, 0.15) is 35.7 Å². The monoisotopic (exact) mass is 365 g/mol. The molecule has 0 saturated carbocycles. The number of hydrogen-bond acceptors (Lipinski definition) is 1. The second-order valence-corrected chi connectivity index (χ2v) is 6.17. The lowest BCUT2D eigenvalue weighted by molar-refractivity contribution is 0.102. The van der Waals surface area contributed by atoms with Gasteiger partial charge in [-0.25, -0.2) is 0 Å². The van der Waals surface area contributed by atoms with E-state index in [4.69, 9.17) is 11.6 Å². The van der Waals surface area contributed by atoms with Crippen molar-refractivity contribution in [1.29, 1.82) is 0 Å². The summed E-state index contributed by atoms with van der Waals surface area (Å²) in [4.78, 5) is 12.2. The molecule has 0 fully saturated rings. The molecule has 0 heterocycles. The Morgan fingerprint density at radius 3 is 2.57 bits per heavy atom. The van der Waals surface area contributed by atoms with Crippen LogP contribution >= 0.6 is 27.5 Å². The SMILES string of the molecule is CCCCc1ccc(NC(=O)c2cc(Cl)ccc2Br)cc1. The first kappa shape index (κ1) is 16.1. The second kappa shape index (κ2) is 7.62. The molecule has 2 rings (SSSR count). The fraction of sp³-hybridized carbons (Fsp3) is 0.235. The molecule has 1 N–H and O–H groups in total. The molecule has 2 aromatic rings. The smallest absolute Gasteiger partial charge is 0.256 e. The van der Waals surface area contributed by atoms with Crippen LogP contribution < -0.4 is 5.32 Å². The quantitative estimate of drug-likeness (QED) is 0.723. The normalized spacial score (nSPS) is 10.4. The van der Waals surface area contributed by atoms with E-state index in [2.05, 4.69) is 40.3 Å². The summed E-state index contributed by atoms with van der Waals surface area (Å²) in [6, 6.07) is 13.1. The van der Waals surface area contributed by atoms with Crippen molar-refractivity contribution in [1.82, 2.24) is 0 Å². The summed E-state index contributed by atoms with van der Waals surface area (Å²) in [7, 11) is 0. The summed E-state index contributed by atoms with van der Waals surface area (Å²) >= 11 is 9.30. The molecule has 0 aliphatic rings. The summed E-state index contributed by atoms with van der Waals surface area (Å²) in [5, 5.41) is 3.42. The predicted octanol–water partition coefficient (Wildman–Crippen LogP) is 5.70. The Hall–Kier alpha value is -1.32. The lowest BCUT2D eigenvalue weighted by Gasteiger charge is -2.08. The highest BCUT2D eigenvalue weighted by Gasteiger charge is 2.10. The molecule has 0 atom stereocenters. The average Bonchev–Trinajstić information content (AvgIpc) is 2.49. The van der Waals surface area contributed by atoms with Gasteiger partial charge in [0, 0.05) is 15.2 Å². The van der Waals surface area contributed by atoms with Gasteiger partial charge < -0.3 is 5.32 Å². The van der Waals surface area contributed by atoms with Gasteiger partial charge in [-0.15, -0.1) is 0 Å². The van der Waals surface area contributed by atoms with Crippen molar-refractivity contribution in [2.45, 2.75) is 26.2 Å². The zero-order valence-corrected chi connectivity index (χ0v) is 14.2. The summed E-state index contributed by atoms with van der Waals surface area (Å²) in [6.07, 6.45) is 3.44. The van der Waals surface area contributed by atoms with Gasteiger partial charge in [-0.1, -0.05) is 37.1 Å². The van der Waals surface area contributed by atoms with E-state index in [1.807, 2.05) is 12.1 Å². The molecule has 0 spiro atoms. The van der Waals surface area contributed by atoms with Crippen LogP contribution in [0.5, 0.6) is 0 Å². The maximum Gasteiger partial charge on any atom is 0.256 e. The minimum atomic E-state index is -0.175. The minimum Gasteiger partial charge on any atom is -0.322 e. The van der Waals surface area contributed by atoms with Crippen LogP contribution in [0.3, 0.4) is 0 Å². The van der Waals surface area contributed by atoms with Crippen molar-refractivity contribution in [2.24, 2.45) is 0 Å². The zero-order chi connectivity index (χ0) is 15.2. The molecule has 0 aromatic heterocycles. The van der Waals surface area contributed by atoms with Gasteiger partial charge in [-0.05, 0) is 64.7 Å². The van der Waals surface area contributed by atoms with Crippen LogP contribution in [0, 0.1) is 0 Å². The van der Waals surface area contributed by atoms with Gasteiger partial charge >= 0.3 is 0 Å². The Morgan fingerprint density at radius 2 is 1.90 bits per heavy atom. The van der Waals surface area contributed by atoms with E-state index in [9.17, 15) is 4.79 Å². The van der Waals surface area contributed by atoms with Gasteiger partial charge in [-0.2, -0.15) is 0 Å². The minimum absolute atomic E-state index is 0.175. The highest BCUT2D eigenvalue weighted by Crippen LogP contribution is 2.22. The number of hydrogen-bond donors (Lipinski definition) is 1. The van der Waals surface area contributed by atoms with E-state index in [1.165, 1.54) is 18.4 Å². The summed E-state index contributed by atoms with van der Waals surface area (Å²) in [5.41, 5.74) is 2.60. The fourth-order valence-electron chi connectivity index (χ4n) is 2.01. The van der Waals surface area contributed by atoms with Gasteiger partial charge in [0.05, 0.1) is 5.56 Å². The van der Waals surface area contributed by atoms with Crippen molar-refractivity contribution in [3.05, 3.63) is 63.1 Å². The standard InChI is InChI=1S/C17H17BrClNO/c1-2-3-4-12-5-8-14(9-6-12)20-17(21)15-11-13(19)7-10-16(15)18/h5-11H,2-4H2,1H3,(H,20,21). The molecule has 2 nitrogen and oxygen atoms in total. The van der Waals surface area contributed by atoms with Gasteiger partial charge in [-0.3, -0.25) is 4.79 Å². The molecular weight excluding hydrogens is 350 g/mol. The number of unbranched alkanes of at least 4 members (excludes halogenated alkanes) is 1. The number of benzene rings is 2. The Morgan fingerprint density at radius 1 is 1.19 bits per heavy atom. The van der Waals surface area contributed by atoms with Gasteiger partial charge in [0.1, 0.15) is 0 Å². The van der Waals surface area contributed by atoms with Crippen LogP contribution in [0.4, 0.5) is 5.69 Å². The third kappa shape index (κ3) is 4.58. The average molecular weight is 367 g/mol. The molecule has 0 aliphatic heterocycles. The first-order valence-electron chi connectivity index (χ1n) is 6.95. The van der Waals surface area contributed by atoms with Gasteiger partial charge in [0.2, 0.25) is 0 Å². The molecule has 0 bridgehead atoms. The van der Waals surface area contributed by atoms with E-state index in [1.54, 1.807) is 18.2 Å². The first-order chi connectivity index (χ1) is 10.1. The molecule has 2 aromatic carbocycles. The Balaban J connectivity index is 2.07. The molecule has 1 amide bonds. The maximum absolute atomic E-state index is 12.2. The summed E-state index contributed by atoms with van der Waals surface area (Å²) in [5.74, 6) is -0.175. The summed E-state index contributed by atoms with van der Waals surface area (Å²) in [6.45, 7) is 2.18. The number of amides is 1. The Kier molecular flexibility index (Phi) is 5.83. The van der Waals surface area contributed by atoms with Crippen molar-refractivity contribution >= 4 is 39.1 Å². The first-order valence-corrected chi connectivity index (χ1v) is 8.12. The largest absolute Gasteiger partial charge is 0.322 e. The van der Waals surface area contributed by atoms with E-state index >= 15 is 0 Å². The molecule has 0 radical (unpaired) electrons. The van der Waals surface area contributed by atoms with Gasteiger partial charge in [0.15, 0.2) is 0 Å². The number of anilines is 1. The number of carbonyl (C=O) groups excluding carboxylic acids is 1. The fourth-order valence-corrected chi connectivity index (χ4v) is 2.60. The van der Waals surface area contributed by atoms with Crippen molar-refractivity contribution in [2.75, 3.05) is 5.32 Å². The molecule has 4 heteroatoms. The van der Waals surface area contributed by atoms with Crippen molar-refractivity contribution in [3.63, 3.8) is 0 Å². The van der Waals surface area contributed by atoms with E-state index in [0.29, 0.717) is 10.6 Å². The van der Waals surface area contributed by atoms with Crippen LogP contribution in [0.2, 0.25) is 5.02 Å².